The van der Waals surface area contributed by atoms with Crippen LogP contribution in [0.15, 0.2) is 18.2 Å². The Bertz CT molecular complexity index is 597. The molecule has 1 unspecified atom stereocenters. The van der Waals surface area contributed by atoms with Gasteiger partial charge in [0.25, 0.3) is 0 Å². The fraction of sp³-hybridized carbons (Fsp3) is 0.556. The van der Waals surface area contributed by atoms with Crippen molar-refractivity contribution in [2.24, 2.45) is 5.41 Å². The fourth-order valence-electron chi connectivity index (χ4n) is 2.58. The summed E-state index contributed by atoms with van der Waals surface area (Å²) in [5, 5.41) is 3.62. The van der Waals surface area contributed by atoms with Gasteiger partial charge in [0.1, 0.15) is 11.9 Å². The molecule has 1 aliphatic heterocycles. The van der Waals surface area contributed by atoms with Crippen molar-refractivity contribution in [3.8, 4) is 17.2 Å². The molecule has 0 amide bonds. The molecule has 4 heteroatoms. The Labute approximate surface area is 132 Å². The lowest BCUT2D eigenvalue weighted by molar-refractivity contribution is 0.124. The number of fused-ring (bicyclic) bond motifs is 1. The maximum atomic E-state index is 6.22. The quantitative estimate of drug-likeness (QED) is 0.922. The molecule has 0 saturated heterocycles. The first-order valence-corrected chi connectivity index (χ1v) is 7.84. The van der Waals surface area contributed by atoms with Gasteiger partial charge in [0.2, 0.25) is 0 Å². The van der Waals surface area contributed by atoms with Crippen LogP contribution in [-0.2, 0) is 0 Å². The molecule has 0 radical (unpaired) electrons. The molecular formula is C18H25NO3. The Morgan fingerprint density at radius 1 is 1.09 bits per heavy atom. The van der Waals surface area contributed by atoms with E-state index < -0.39 is 0 Å². The first-order valence-electron chi connectivity index (χ1n) is 7.84. The van der Waals surface area contributed by atoms with Crippen molar-refractivity contribution in [2.75, 3.05) is 14.2 Å². The van der Waals surface area contributed by atoms with Crippen LogP contribution in [0.3, 0.4) is 0 Å². The van der Waals surface area contributed by atoms with Crippen LogP contribution in [0.1, 0.15) is 39.2 Å². The molecule has 0 aromatic heterocycles. The first kappa shape index (κ1) is 15.1. The van der Waals surface area contributed by atoms with E-state index in [4.69, 9.17) is 14.2 Å². The Morgan fingerprint density at radius 3 is 2.27 bits per heavy atom. The van der Waals surface area contributed by atoms with Gasteiger partial charge in [-0.05, 0) is 25.0 Å². The van der Waals surface area contributed by atoms with Crippen LogP contribution in [0.25, 0.3) is 5.70 Å². The molecule has 2 aliphatic rings. The largest absolute Gasteiger partial charge is 0.493 e. The summed E-state index contributed by atoms with van der Waals surface area (Å²) in [6, 6.07) is 4.51. The third kappa shape index (κ3) is 2.87. The van der Waals surface area contributed by atoms with Gasteiger partial charge in [0, 0.05) is 28.8 Å². The third-order valence-electron chi connectivity index (χ3n) is 4.14. The molecule has 0 bridgehead atoms. The Balaban J connectivity index is 2.04. The van der Waals surface area contributed by atoms with Crippen LogP contribution in [-0.4, -0.2) is 26.4 Å². The number of ether oxygens (including phenoxy) is 3. The van der Waals surface area contributed by atoms with Gasteiger partial charge < -0.3 is 19.5 Å². The normalized spacial score (nSPS) is 20.6. The summed E-state index contributed by atoms with van der Waals surface area (Å²) in [7, 11) is 3.30. The van der Waals surface area contributed by atoms with Crippen LogP contribution in [0.5, 0.6) is 17.2 Å². The van der Waals surface area contributed by atoms with E-state index in [9.17, 15) is 0 Å². The van der Waals surface area contributed by atoms with Gasteiger partial charge in [-0.2, -0.15) is 0 Å². The second kappa shape index (κ2) is 5.41. The lowest BCUT2D eigenvalue weighted by atomic mass is 9.86. The number of hydrogen-bond donors (Lipinski definition) is 1. The van der Waals surface area contributed by atoms with Gasteiger partial charge in [0.05, 0.1) is 14.2 Å². The van der Waals surface area contributed by atoms with E-state index >= 15 is 0 Å². The molecule has 1 fully saturated rings. The van der Waals surface area contributed by atoms with Crippen molar-refractivity contribution in [1.29, 1.82) is 0 Å². The second-order valence-corrected chi connectivity index (χ2v) is 7.11. The SMILES string of the molecule is COc1cc2c(cc1OC)C(NC1CC1)=CC(C(C)(C)C)O2. The van der Waals surface area contributed by atoms with Gasteiger partial charge in [-0.25, -0.2) is 0 Å². The number of methoxy groups -OCH3 is 2. The molecule has 120 valence electrons. The van der Waals surface area contributed by atoms with E-state index in [1.807, 2.05) is 12.1 Å². The zero-order valence-corrected chi connectivity index (χ0v) is 14.0. The fourth-order valence-corrected chi connectivity index (χ4v) is 2.58. The molecule has 22 heavy (non-hydrogen) atoms. The Kier molecular flexibility index (Phi) is 3.71. The van der Waals surface area contributed by atoms with Crippen LogP contribution >= 0.6 is 0 Å². The van der Waals surface area contributed by atoms with Gasteiger partial charge in [0.15, 0.2) is 11.5 Å². The monoisotopic (exact) mass is 303 g/mol. The molecule has 1 aliphatic carbocycles. The van der Waals surface area contributed by atoms with E-state index in [1.165, 1.54) is 12.8 Å². The van der Waals surface area contributed by atoms with Gasteiger partial charge in [-0.1, -0.05) is 20.8 Å². The summed E-state index contributed by atoms with van der Waals surface area (Å²) in [4.78, 5) is 0. The molecule has 1 aromatic carbocycles. The smallest absolute Gasteiger partial charge is 0.164 e. The number of hydrogen-bond acceptors (Lipinski definition) is 4. The van der Waals surface area contributed by atoms with Crippen LogP contribution in [0, 0.1) is 5.41 Å². The highest BCUT2D eigenvalue weighted by Crippen LogP contribution is 2.43. The highest BCUT2D eigenvalue weighted by molar-refractivity contribution is 5.74. The molecule has 1 atom stereocenters. The van der Waals surface area contributed by atoms with Gasteiger partial charge in [-0.15, -0.1) is 0 Å². The van der Waals surface area contributed by atoms with Crippen LogP contribution in [0.2, 0.25) is 0 Å². The molecule has 1 aromatic rings. The molecule has 1 heterocycles. The summed E-state index contributed by atoms with van der Waals surface area (Å²) in [5.74, 6) is 2.27. The Morgan fingerprint density at radius 2 is 1.73 bits per heavy atom. The predicted molar refractivity (Wildman–Crippen MR) is 87.6 cm³/mol. The molecular weight excluding hydrogens is 278 g/mol. The number of rotatable bonds is 4. The van der Waals surface area contributed by atoms with E-state index in [1.54, 1.807) is 14.2 Å². The van der Waals surface area contributed by atoms with Crippen LogP contribution < -0.4 is 19.5 Å². The van der Waals surface area contributed by atoms with Crippen molar-refractivity contribution in [2.45, 2.75) is 45.8 Å². The minimum atomic E-state index is 0.0272. The minimum Gasteiger partial charge on any atom is -0.493 e. The number of benzene rings is 1. The second-order valence-electron chi connectivity index (χ2n) is 7.11. The van der Waals surface area contributed by atoms with Crippen LogP contribution in [0.4, 0.5) is 0 Å². The highest BCUT2D eigenvalue weighted by Gasteiger charge is 2.33. The van der Waals surface area contributed by atoms with Gasteiger partial charge >= 0.3 is 0 Å². The predicted octanol–water partition coefficient (Wildman–Crippen LogP) is 3.60. The summed E-state index contributed by atoms with van der Waals surface area (Å²) in [6.45, 7) is 6.57. The third-order valence-corrected chi connectivity index (χ3v) is 4.14. The highest BCUT2D eigenvalue weighted by atomic mass is 16.5. The molecule has 1 saturated carbocycles. The van der Waals surface area contributed by atoms with Crippen molar-refractivity contribution in [3.05, 3.63) is 23.8 Å². The summed E-state index contributed by atoms with van der Waals surface area (Å²) in [6.07, 6.45) is 4.70. The molecule has 3 rings (SSSR count). The Hall–Kier alpha value is -1.84. The summed E-state index contributed by atoms with van der Waals surface area (Å²) >= 11 is 0. The van der Waals surface area contributed by atoms with Crippen molar-refractivity contribution in [3.63, 3.8) is 0 Å². The lowest BCUT2D eigenvalue weighted by Crippen LogP contribution is -2.34. The lowest BCUT2D eigenvalue weighted by Gasteiger charge is -2.34. The minimum absolute atomic E-state index is 0.0272. The zero-order chi connectivity index (χ0) is 15.9. The number of nitrogens with one attached hydrogen (secondary N) is 1. The zero-order valence-electron chi connectivity index (χ0n) is 14.0. The molecule has 4 nitrogen and oxygen atoms in total. The molecule has 1 N–H and O–H groups in total. The standard InChI is InChI=1S/C18H25NO3/c1-18(2,3)17-9-13(19-11-6-7-11)12-8-15(20-4)16(21-5)10-14(12)22-17/h8-11,17,19H,6-7H2,1-5H3. The van der Waals surface area contributed by atoms with E-state index in [0.717, 1.165) is 22.8 Å². The summed E-state index contributed by atoms with van der Waals surface area (Å²) in [5.41, 5.74) is 2.22. The van der Waals surface area contributed by atoms with Gasteiger partial charge in [-0.3, -0.25) is 0 Å². The maximum Gasteiger partial charge on any atom is 0.164 e. The van der Waals surface area contributed by atoms with E-state index in [0.29, 0.717) is 11.8 Å². The molecule has 0 spiro atoms. The average Bonchev–Trinajstić information content (AvgIpc) is 3.28. The first-order chi connectivity index (χ1) is 10.4. The van der Waals surface area contributed by atoms with Crippen molar-refractivity contribution in [1.82, 2.24) is 5.32 Å². The average molecular weight is 303 g/mol. The van der Waals surface area contributed by atoms with E-state index in [2.05, 4.69) is 32.2 Å². The topological polar surface area (TPSA) is 39.7 Å². The van der Waals surface area contributed by atoms with Crippen molar-refractivity contribution >= 4 is 5.70 Å². The maximum absolute atomic E-state index is 6.22. The van der Waals surface area contributed by atoms with E-state index in [-0.39, 0.29) is 11.5 Å². The summed E-state index contributed by atoms with van der Waals surface area (Å²) < 4.78 is 17.1. The van der Waals surface area contributed by atoms with Crippen molar-refractivity contribution < 1.29 is 14.2 Å².